The third kappa shape index (κ3) is 1.54. The number of carbonyl (C=O) groups excluding carboxylic acids is 2. The Morgan fingerprint density at radius 3 is 2.21 bits per heavy atom. The maximum absolute atomic E-state index is 11.2. The first-order chi connectivity index (χ1) is 6.77. The van der Waals surface area contributed by atoms with Gasteiger partial charge in [0.25, 0.3) is 11.8 Å². The minimum absolute atomic E-state index is 0.258. The maximum atomic E-state index is 11.2. The number of amides is 2. The van der Waals surface area contributed by atoms with Crippen LogP contribution in [0.1, 0.15) is 5.56 Å². The van der Waals surface area contributed by atoms with Crippen molar-refractivity contribution in [2.45, 2.75) is 6.54 Å². The van der Waals surface area contributed by atoms with Crippen LogP contribution in [0.3, 0.4) is 0 Å². The molecule has 70 valence electrons. The monoisotopic (exact) mass is 188 g/mol. The van der Waals surface area contributed by atoms with Crippen LogP contribution in [0.5, 0.6) is 0 Å². The molecule has 0 radical (unpaired) electrons. The summed E-state index contributed by atoms with van der Waals surface area (Å²) in [5.41, 5.74) is 0.894. The number of carbonyl (C=O) groups is 2. The highest BCUT2D eigenvalue weighted by Gasteiger charge is 2.22. The van der Waals surface area contributed by atoms with Gasteiger partial charge in [-0.25, -0.2) is 0 Å². The van der Waals surface area contributed by atoms with Crippen molar-refractivity contribution in [3.63, 3.8) is 0 Å². The van der Waals surface area contributed by atoms with Crippen LogP contribution >= 0.6 is 0 Å². The van der Waals surface area contributed by atoms with Gasteiger partial charge in [0.05, 0.1) is 6.54 Å². The molecule has 0 aliphatic carbocycles. The number of pyridine rings is 1. The van der Waals surface area contributed by atoms with Gasteiger partial charge < -0.3 is 0 Å². The summed E-state index contributed by atoms with van der Waals surface area (Å²) >= 11 is 0. The average molecular weight is 188 g/mol. The van der Waals surface area contributed by atoms with Gasteiger partial charge in [-0.1, -0.05) is 0 Å². The minimum Gasteiger partial charge on any atom is -0.271 e. The maximum Gasteiger partial charge on any atom is 0.253 e. The van der Waals surface area contributed by atoms with Gasteiger partial charge in [-0.2, -0.15) is 0 Å². The molecule has 4 heteroatoms. The molecule has 2 heterocycles. The summed E-state index contributed by atoms with van der Waals surface area (Å²) in [4.78, 5) is 27.4. The Hall–Kier alpha value is -1.97. The molecule has 14 heavy (non-hydrogen) atoms. The van der Waals surface area contributed by atoms with E-state index < -0.39 is 0 Å². The summed E-state index contributed by atoms with van der Waals surface area (Å²) in [7, 11) is 0. The van der Waals surface area contributed by atoms with E-state index in [0.717, 1.165) is 5.56 Å². The Bertz CT molecular complexity index is 380. The van der Waals surface area contributed by atoms with Gasteiger partial charge in [0.2, 0.25) is 0 Å². The highest BCUT2D eigenvalue weighted by Crippen LogP contribution is 2.09. The molecule has 0 fully saturated rings. The van der Waals surface area contributed by atoms with Crippen molar-refractivity contribution in [3.05, 3.63) is 42.2 Å². The van der Waals surface area contributed by atoms with Crippen LogP contribution in [-0.4, -0.2) is 21.7 Å². The fourth-order valence-corrected chi connectivity index (χ4v) is 1.26. The van der Waals surface area contributed by atoms with Crippen molar-refractivity contribution in [3.8, 4) is 0 Å². The van der Waals surface area contributed by atoms with Gasteiger partial charge >= 0.3 is 0 Å². The zero-order chi connectivity index (χ0) is 9.97. The van der Waals surface area contributed by atoms with Gasteiger partial charge in [0.1, 0.15) is 0 Å². The Labute approximate surface area is 80.9 Å². The van der Waals surface area contributed by atoms with Crippen LogP contribution in [0.15, 0.2) is 36.7 Å². The zero-order valence-electron chi connectivity index (χ0n) is 7.38. The number of imide groups is 1. The lowest BCUT2D eigenvalue weighted by atomic mass is 10.2. The first-order valence-electron chi connectivity index (χ1n) is 4.20. The molecular formula is C10H8N2O2. The lowest BCUT2D eigenvalue weighted by molar-refractivity contribution is -0.137. The SMILES string of the molecule is O=C1C=CC(=O)N1Cc1ccncc1. The molecule has 0 spiro atoms. The predicted molar refractivity (Wildman–Crippen MR) is 48.9 cm³/mol. The molecule has 0 bridgehead atoms. The quantitative estimate of drug-likeness (QED) is 0.635. The fraction of sp³-hybridized carbons (Fsp3) is 0.100. The summed E-state index contributed by atoms with van der Waals surface area (Å²) in [6.07, 6.45) is 5.83. The molecule has 1 aromatic heterocycles. The van der Waals surface area contributed by atoms with Crippen molar-refractivity contribution in [1.82, 2.24) is 9.88 Å². The Balaban J connectivity index is 2.13. The van der Waals surface area contributed by atoms with Crippen molar-refractivity contribution < 1.29 is 9.59 Å². The summed E-state index contributed by atoms with van der Waals surface area (Å²) in [5.74, 6) is -0.515. The molecule has 0 atom stereocenters. The van der Waals surface area contributed by atoms with E-state index in [9.17, 15) is 9.59 Å². The second-order valence-electron chi connectivity index (χ2n) is 2.95. The molecule has 4 nitrogen and oxygen atoms in total. The van der Waals surface area contributed by atoms with E-state index in [1.165, 1.54) is 17.1 Å². The topological polar surface area (TPSA) is 50.3 Å². The second-order valence-corrected chi connectivity index (χ2v) is 2.95. The van der Waals surface area contributed by atoms with E-state index in [1.807, 2.05) is 0 Å². The van der Waals surface area contributed by atoms with E-state index in [2.05, 4.69) is 4.98 Å². The normalized spacial score (nSPS) is 15.3. The predicted octanol–water partition coefficient (Wildman–Crippen LogP) is 0.507. The molecule has 0 saturated carbocycles. The molecular weight excluding hydrogens is 180 g/mol. The van der Waals surface area contributed by atoms with Crippen molar-refractivity contribution in [1.29, 1.82) is 0 Å². The molecule has 2 rings (SSSR count). The van der Waals surface area contributed by atoms with Crippen LogP contribution in [0, 0.1) is 0 Å². The largest absolute Gasteiger partial charge is 0.271 e. The van der Waals surface area contributed by atoms with E-state index >= 15 is 0 Å². The third-order valence-corrected chi connectivity index (χ3v) is 1.99. The molecule has 0 aromatic carbocycles. The van der Waals surface area contributed by atoms with Gasteiger partial charge in [-0.05, 0) is 17.7 Å². The zero-order valence-corrected chi connectivity index (χ0v) is 7.38. The Morgan fingerprint density at radius 2 is 1.64 bits per heavy atom. The molecule has 0 saturated heterocycles. The molecule has 1 aliphatic heterocycles. The van der Waals surface area contributed by atoms with Crippen LogP contribution < -0.4 is 0 Å². The highest BCUT2D eigenvalue weighted by atomic mass is 16.2. The average Bonchev–Trinajstić information content (AvgIpc) is 2.51. The molecule has 0 N–H and O–H groups in total. The lowest BCUT2D eigenvalue weighted by Crippen LogP contribution is -2.29. The van der Waals surface area contributed by atoms with E-state index in [0.29, 0.717) is 6.54 Å². The summed E-state index contributed by atoms with van der Waals surface area (Å²) in [5, 5.41) is 0. The van der Waals surface area contributed by atoms with Gasteiger partial charge in [-0.15, -0.1) is 0 Å². The smallest absolute Gasteiger partial charge is 0.253 e. The van der Waals surface area contributed by atoms with Crippen molar-refractivity contribution >= 4 is 11.8 Å². The standard InChI is InChI=1S/C10H8N2O2/c13-9-1-2-10(14)12(9)7-8-3-5-11-6-4-8/h1-6H,7H2. The van der Waals surface area contributed by atoms with Crippen LogP contribution in [-0.2, 0) is 16.1 Å². The Morgan fingerprint density at radius 1 is 1.07 bits per heavy atom. The fourth-order valence-electron chi connectivity index (χ4n) is 1.26. The lowest BCUT2D eigenvalue weighted by Gasteiger charge is -2.12. The van der Waals surface area contributed by atoms with E-state index in [-0.39, 0.29) is 11.8 Å². The van der Waals surface area contributed by atoms with Crippen LogP contribution in [0.25, 0.3) is 0 Å². The second kappa shape index (κ2) is 3.41. The van der Waals surface area contributed by atoms with Gasteiger partial charge in [0.15, 0.2) is 0 Å². The Kier molecular flexibility index (Phi) is 2.10. The van der Waals surface area contributed by atoms with Crippen molar-refractivity contribution in [2.75, 3.05) is 0 Å². The first-order valence-corrected chi connectivity index (χ1v) is 4.20. The number of rotatable bonds is 2. The number of hydrogen-bond acceptors (Lipinski definition) is 3. The number of nitrogens with zero attached hydrogens (tertiary/aromatic N) is 2. The highest BCUT2D eigenvalue weighted by molar-refractivity contribution is 6.12. The van der Waals surface area contributed by atoms with E-state index in [1.54, 1.807) is 24.5 Å². The van der Waals surface area contributed by atoms with Gasteiger partial charge in [0, 0.05) is 24.5 Å². The van der Waals surface area contributed by atoms with Crippen LogP contribution in [0.2, 0.25) is 0 Å². The molecule has 1 aliphatic rings. The summed E-state index contributed by atoms with van der Waals surface area (Å²) in [6.45, 7) is 0.313. The summed E-state index contributed by atoms with van der Waals surface area (Å²) < 4.78 is 0. The van der Waals surface area contributed by atoms with Gasteiger partial charge in [-0.3, -0.25) is 19.5 Å². The molecule has 1 aromatic rings. The van der Waals surface area contributed by atoms with Crippen LogP contribution in [0.4, 0.5) is 0 Å². The molecule has 0 unspecified atom stereocenters. The first kappa shape index (κ1) is 8.62. The summed E-state index contributed by atoms with van der Waals surface area (Å²) in [6, 6.07) is 3.55. The van der Waals surface area contributed by atoms with E-state index in [4.69, 9.17) is 0 Å². The molecule has 2 amide bonds. The number of aromatic nitrogens is 1. The van der Waals surface area contributed by atoms with Crippen molar-refractivity contribution in [2.24, 2.45) is 0 Å². The number of hydrogen-bond donors (Lipinski definition) is 0. The minimum atomic E-state index is -0.258. The third-order valence-electron chi connectivity index (χ3n) is 1.99.